The summed E-state index contributed by atoms with van der Waals surface area (Å²) in [5.74, 6) is -0.959. The fraction of sp³-hybridized carbons (Fsp3) is 0.429. The lowest BCUT2D eigenvalue weighted by Gasteiger charge is -2.08. The number of nitrogens with zero attached hydrogens (tertiary/aromatic N) is 1. The Labute approximate surface area is 138 Å². The van der Waals surface area contributed by atoms with Gasteiger partial charge in [0.05, 0.1) is 12.3 Å². The molecular weight excluding hydrogens is 337 g/mol. The van der Waals surface area contributed by atoms with E-state index in [1.807, 2.05) is 13.8 Å². The van der Waals surface area contributed by atoms with Crippen LogP contribution in [-0.2, 0) is 9.53 Å². The molecular formula is C14H20ClF3N2O3. The molecule has 0 saturated carbocycles. The molecule has 0 saturated heterocycles. The molecule has 0 aliphatic heterocycles. The molecule has 1 N–H and O–H groups in total. The molecule has 0 fully saturated rings. The summed E-state index contributed by atoms with van der Waals surface area (Å²) in [4.78, 5) is 10.9. The Morgan fingerprint density at radius 2 is 1.78 bits per heavy atom. The molecule has 0 bridgehead atoms. The van der Waals surface area contributed by atoms with Gasteiger partial charge in [0.15, 0.2) is 0 Å². The normalized spacial score (nSPS) is 9.91. The number of halogens is 4. The average Bonchev–Trinajstić information content (AvgIpc) is 2.52. The van der Waals surface area contributed by atoms with Crippen LogP contribution >= 0.6 is 11.6 Å². The maximum absolute atomic E-state index is 11.9. The molecule has 1 aromatic carbocycles. The Morgan fingerprint density at radius 3 is 2.22 bits per heavy atom. The number of alkyl halides is 4. The average molecular weight is 357 g/mol. The van der Waals surface area contributed by atoms with Crippen LogP contribution in [-0.4, -0.2) is 31.5 Å². The summed E-state index contributed by atoms with van der Waals surface area (Å²) < 4.78 is 44.0. The van der Waals surface area contributed by atoms with Crippen LogP contribution in [0.25, 0.3) is 0 Å². The van der Waals surface area contributed by atoms with Crippen LogP contribution < -0.4 is 10.2 Å². The van der Waals surface area contributed by atoms with Crippen molar-refractivity contribution in [1.29, 1.82) is 0 Å². The highest BCUT2D eigenvalue weighted by atomic mass is 35.5. The van der Waals surface area contributed by atoms with Crippen molar-refractivity contribution in [1.82, 2.24) is 0 Å². The Morgan fingerprint density at radius 1 is 1.26 bits per heavy atom. The second-order valence-corrected chi connectivity index (χ2v) is 3.19. The van der Waals surface area contributed by atoms with Gasteiger partial charge in [-0.1, -0.05) is 13.8 Å². The van der Waals surface area contributed by atoms with E-state index in [1.54, 1.807) is 6.92 Å². The van der Waals surface area contributed by atoms with E-state index < -0.39 is 12.3 Å². The molecule has 0 heterocycles. The summed E-state index contributed by atoms with van der Waals surface area (Å²) in [7, 11) is 0. The van der Waals surface area contributed by atoms with E-state index in [0.717, 1.165) is 18.3 Å². The van der Waals surface area contributed by atoms with Gasteiger partial charge in [0.1, 0.15) is 12.0 Å². The SMILES string of the molecule is CC.CCOC(=O)/C=N/Nc1ccc(OC(F)(F)F)cc1.CCl. The van der Waals surface area contributed by atoms with Crippen LogP contribution in [0.5, 0.6) is 5.75 Å². The lowest BCUT2D eigenvalue weighted by molar-refractivity contribution is -0.274. The number of ether oxygens (including phenoxy) is 2. The maximum atomic E-state index is 11.9. The minimum absolute atomic E-state index is 0.230. The van der Waals surface area contributed by atoms with Gasteiger partial charge in [-0.05, 0) is 31.2 Å². The topological polar surface area (TPSA) is 59.9 Å². The first-order valence-corrected chi connectivity index (χ1v) is 7.35. The molecule has 0 unspecified atom stereocenters. The fourth-order valence-electron chi connectivity index (χ4n) is 1.07. The monoisotopic (exact) mass is 356 g/mol. The predicted octanol–water partition coefficient (Wildman–Crippen LogP) is 4.43. The van der Waals surface area contributed by atoms with E-state index >= 15 is 0 Å². The van der Waals surface area contributed by atoms with Gasteiger partial charge in [-0.2, -0.15) is 5.10 Å². The summed E-state index contributed by atoms with van der Waals surface area (Å²) in [6.07, 6.45) is -2.33. The van der Waals surface area contributed by atoms with Gasteiger partial charge in [0.2, 0.25) is 0 Å². The molecule has 1 rings (SSSR count). The predicted molar refractivity (Wildman–Crippen MR) is 85.0 cm³/mol. The third-order valence-corrected chi connectivity index (χ3v) is 1.74. The highest BCUT2D eigenvalue weighted by Gasteiger charge is 2.30. The molecule has 1 aromatic rings. The number of hydrogen-bond acceptors (Lipinski definition) is 5. The second kappa shape index (κ2) is 13.7. The largest absolute Gasteiger partial charge is 0.573 e. The van der Waals surface area contributed by atoms with Gasteiger partial charge in [-0.25, -0.2) is 4.79 Å². The molecule has 132 valence electrons. The Balaban J connectivity index is 0. The number of hydrazone groups is 1. The van der Waals surface area contributed by atoms with Gasteiger partial charge < -0.3 is 9.47 Å². The zero-order valence-electron chi connectivity index (χ0n) is 13.3. The molecule has 9 heteroatoms. The first-order chi connectivity index (χ1) is 10.9. The summed E-state index contributed by atoms with van der Waals surface area (Å²) in [6, 6.07) is 4.89. The van der Waals surface area contributed by atoms with Gasteiger partial charge in [0.25, 0.3) is 0 Å². The zero-order valence-corrected chi connectivity index (χ0v) is 14.0. The smallest absolute Gasteiger partial charge is 0.462 e. The van der Waals surface area contributed by atoms with Crippen molar-refractivity contribution < 1.29 is 27.4 Å². The van der Waals surface area contributed by atoms with E-state index in [-0.39, 0.29) is 12.4 Å². The number of nitrogens with one attached hydrogen (secondary N) is 1. The number of rotatable bonds is 5. The van der Waals surface area contributed by atoms with Crippen molar-refractivity contribution in [3.63, 3.8) is 0 Å². The molecule has 5 nitrogen and oxygen atoms in total. The first-order valence-electron chi connectivity index (χ1n) is 6.60. The van der Waals surface area contributed by atoms with Crippen LogP contribution in [0.3, 0.4) is 0 Å². The van der Waals surface area contributed by atoms with E-state index in [0.29, 0.717) is 5.69 Å². The lowest BCUT2D eigenvalue weighted by atomic mass is 10.3. The highest BCUT2D eigenvalue weighted by Crippen LogP contribution is 2.23. The van der Waals surface area contributed by atoms with Crippen molar-refractivity contribution in [3.8, 4) is 5.75 Å². The van der Waals surface area contributed by atoms with E-state index in [1.165, 1.54) is 18.5 Å². The number of carbonyl (C=O) groups is 1. The van der Waals surface area contributed by atoms with Crippen LogP contribution in [0, 0.1) is 0 Å². The Bertz CT molecular complexity index is 452. The first kappa shape index (κ1) is 23.3. The number of hydrogen-bond donors (Lipinski definition) is 1. The third kappa shape index (κ3) is 13.4. The number of anilines is 1. The third-order valence-electron chi connectivity index (χ3n) is 1.74. The summed E-state index contributed by atoms with van der Waals surface area (Å²) in [5, 5.41) is 3.55. The molecule has 0 aliphatic carbocycles. The van der Waals surface area contributed by atoms with Crippen molar-refractivity contribution in [2.24, 2.45) is 5.10 Å². The summed E-state index contributed by atoms with van der Waals surface area (Å²) in [5.41, 5.74) is 2.85. The van der Waals surface area contributed by atoms with Gasteiger partial charge >= 0.3 is 12.3 Å². The minimum Gasteiger partial charge on any atom is -0.462 e. The van der Waals surface area contributed by atoms with E-state index in [2.05, 4.69) is 31.6 Å². The van der Waals surface area contributed by atoms with Crippen LogP contribution in [0.15, 0.2) is 29.4 Å². The van der Waals surface area contributed by atoms with Crippen molar-refractivity contribution in [3.05, 3.63) is 24.3 Å². The standard InChI is InChI=1S/C11H11F3N2O3.C2H6.CH3Cl/c1-2-18-10(17)7-15-16-8-3-5-9(6-4-8)19-11(12,13)14;2*1-2/h3-7,16H,2H2,1H3;1-2H3;1H3/b15-7+;;. The van der Waals surface area contributed by atoms with Crippen molar-refractivity contribution in [2.45, 2.75) is 27.1 Å². The van der Waals surface area contributed by atoms with Gasteiger partial charge in [-0.15, -0.1) is 24.8 Å². The van der Waals surface area contributed by atoms with Gasteiger partial charge in [0, 0.05) is 6.38 Å². The fourth-order valence-corrected chi connectivity index (χ4v) is 1.07. The van der Waals surface area contributed by atoms with E-state index in [9.17, 15) is 18.0 Å². The number of benzene rings is 1. The molecule has 0 spiro atoms. The lowest BCUT2D eigenvalue weighted by Crippen LogP contribution is -2.16. The molecule has 0 aromatic heterocycles. The Hall–Kier alpha value is -1.96. The van der Waals surface area contributed by atoms with Crippen LogP contribution in [0.4, 0.5) is 18.9 Å². The van der Waals surface area contributed by atoms with Crippen LogP contribution in [0.1, 0.15) is 20.8 Å². The van der Waals surface area contributed by atoms with Crippen LogP contribution in [0.2, 0.25) is 0 Å². The molecule has 0 aliphatic rings. The van der Waals surface area contributed by atoms with Crippen molar-refractivity contribution >= 4 is 29.5 Å². The molecule has 0 radical (unpaired) electrons. The molecule has 23 heavy (non-hydrogen) atoms. The number of esters is 1. The van der Waals surface area contributed by atoms with E-state index in [4.69, 9.17) is 0 Å². The summed E-state index contributed by atoms with van der Waals surface area (Å²) in [6.45, 7) is 5.88. The quantitative estimate of drug-likeness (QED) is 0.367. The number of carbonyl (C=O) groups excluding carboxylic acids is 1. The zero-order chi connectivity index (χ0) is 18.3. The maximum Gasteiger partial charge on any atom is 0.573 e. The molecule has 0 amide bonds. The Kier molecular flexibility index (Phi) is 13.9. The highest BCUT2D eigenvalue weighted by molar-refractivity contribution is 6.23. The second-order valence-electron chi connectivity index (χ2n) is 3.19. The summed E-state index contributed by atoms with van der Waals surface area (Å²) >= 11 is 4.64. The minimum atomic E-state index is -4.73. The van der Waals surface area contributed by atoms with Crippen molar-refractivity contribution in [2.75, 3.05) is 18.4 Å². The molecule has 0 atom stereocenters. The van der Waals surface area contributed by atoms with Gasteiger partial charge in [-0.3, -0.25) is 5.43 Å².